The Morgan fingerprint density at radius 1 is 1.05 bits per heavy atom. The SMILES string of the molecule is Cc1cccc(C(=O)N(C)c2ccc(C(=O)O)cc2)c1O. The number of phenols is 1. The molecule has 2 aromatic rings. The molecular weight excluding hydrogens is 270 g/mol. The minimum atomic E-state index is -1.02. The lowest BCUT2D eigenvalue weighted by atomic mass is 10.1. The third-order valence-electron chi connectivity index (χ3n) is 3.27. The molecule has 2 rings (SSSR count). The summed E-state index contributed by atoms with van der Waals surface area (Å²) in [6.07, 6.45) is 0. The van der Waals surface area contributed by atoms with E-state index in [1.54, 1.807) is 44.3 Å². The van der Waals surface area contributed by atoms with E-state index in [9.17, 15) is 14.7 Å². The minimum Gasteiger partial charge on any atom is -0.507 e. The highest BCUT2D eigenvalue weighted by Crippen LogP contribution is 2.24. The zero-order valence-electron chi connectivity index (χ0n) is 11.7. The summed E-state index contributed by atoms with van der Waals surface area (Å²) < 4.78 is 0. The molecule has 0 bridgehead atoms. The molecular formula is C16H15NO4. The van der Waals surface area contributed by atoms with Crippen molar-refractivity contribution < 1.29 is 19.8 Å². The van der Waals surface area contributed by atoms with Crippen LogP contribution < -0.4 is 4.90 Å². The lowest BCUT2D eigenvalue weighted by Gasteiger charge is -2.18. The smallest absolute Gasteiger partial charge is 0.335 e. The van der Waals surface area contributed by atoms with Crippen LogP contribution in [0.1, 0.15) is 26.3 Å². The van der Waals surface area contributed by atoms with Crippen LogP contribution in [0.25, 0.3) is 0 Å². The van der Waals surface area contributed by atoms with Crippen LogP contribution in [0.15, 0.2) is 42.5 Å². The second-order valence-electron chi connectivity index (χ2n) is 4.69. The molecule has 0 saturated heterocycles. The maximum Gasteiger partial charge on any atom is 0.335 e. The van der Waals surface area contributed by atoms with E-state index in [2.05, 4.69) is 0 Å². The molecule has 0 unspecified atom stereocenters. The number of para-hydroxylation sites is 1. The maximum atomic E-state index is 12.4. The molecule has 108 valence electrons. The summed E-state index contributed by atoms with van der Waals surface area (Å²) >= 11 is 0. The molecule has 0 aliphatic rings. The zero-order chi connectivity index (χ0) is 15.6. The first kappa shape index (κ1) is 14.6. The summed E-state index contributed by atoms with van der Waals surface area (Å²) in [4.78, 5) is 24.6. The van der Waals surface area contributed by atoms with E-state index >= 15 is 0 Å². The van der Waals surface area contributed by atoms with Gasteiger partial charge < -0.3 is 15.1 Å². The molecule has 1 amide bonds. The number of benzene rings is 2. The van der Waals surface area contributed by atoms with Gasteiger partial charge in [-0.2, -0.15) is 0 Å². The maximum absolute atomic E-state index is 12.4. The third kappa shape index (κ3) is 2.86. The molecule has 0 aliphatic heterocycles. The summed E-state index contributed by atoms with van der Waals surface area (Å²) in [5.41, 5.74) is 1.53. The molecule has 0 saturated carbocycles. The van der Waals surface area contributed by atoms with Crippen LogP contribution in [0.2, 0.25) is 0 Å². The number of carboxylic acids is 1. The van der Waals surface area contributed by atoms with E-state index in [0.717, 1.165) is 0 Å². The number of carboxylic acid groups (broad SMARTS) is 1. The van der Waals surface area contributed by atoms with Crippen LogP contribution in [-0.2, 0) is 0 Å². The van der Waals surface area contributed by atoms with Crippen molar-refractivity contribution in [2.24, 2.45) is 0 Å². The van der Waals surface area contributed by atoms with Gasteiger partial charge in [0.05, 0.1) is 11.1 Å². The van der Waals surface area contributed by atoms with Gasteiger partial charge in [-0.15, -0.1) is 0 Å². The van der Waals surface area contributed by atoms with E-state index in [0.29, 0.717) is 11.3 Å². The van der Waals surface area contributed by atoms with Crippen molar-refractivity contribution in [1.29, 1.82) is 0 Å². The Labute approximate surface area is 122 Å². The van der Waals surface area contributed by atoms with Crippen LogP contribution in [-0.4, -0.2) is 29.1 Å². The first-order valence-corrected chi connectivity index (χ1v) is 6.32. The molecule has 5 heteroatoms. The summed E-state index contributed by atoms with van der Waals surface area (Å²) in [6.45, 7) is 1.72. The monoisotopic (exact) mass is 285 g/mol. The predicted octanol–water partition coefficient (Wildman–Crippen LogP) is 2.68. The topological polar surface area (TPSA) is 77.8 Å². The van der Waals surface area contributed by atoms with Crippen LogP contribution in [0.3, 0.4) is 0 Å². The number of aryl methyl sites for hydroxylation is 1. The Morgan fingerprint density at radius 3 is 2.24 bits per heavy atom. The van der Waals surface area contributed by atoms with Crippen LogP contribution in [0, 0.1) is 6.92 Å². The second-order valence-corrected chi connectivity index (χ2v) is 4.69. The van der Waals surface area contributed by atoms with Gasteiger partial charge >= 0.3 is 5.97 Å². The zero-order valence-corrected chi connectivity index (χ0v) is 11.7. The molecule has 2 aromatic carbocycles. The van der Waals surface area contributed by atoms with E-state index in [-0.39, 0.29) is 22.8 Å². The minimum absolute atomic E-state index is 0.0449. The summed E-state index contributed by atoms with van der Waals surface area (Å²) in [7, 11) is 1.57. The first-order chi connectivity index (χ1) is 9.91. The highest BCUT2D eigenvalue weighted by Gasteiger charge is 2.18. The number of aromatic hydroxyl groups is 1. The van der Waals surface area contributed by atoms with Gasteiger partial charge in [0.25, 0.3) is 5.91 Å². The van der Waals surface area contributed by atoms with Crippen LogP contribution >= 0.6 is 0 Å². The van der Waals surface area contributed by atoms with E-state index in [1.807, 2.05) is 0 Å². The fraction of sp³-hybridized carbons (Fsp3) is 0.125. The van der Waals surface area contributed by atoms with Crippen molar-refractivity contribution >= 4 is 17.6 Å². The van der Waals surface area contributed by atoms with Crippen molar-refractivity contribution in [2.75, 3.05) is 11.9 Å². The van der Waals surface area contributed by atoms with Gasteiger partial charge in [-0.25, -0.2) is 4.79 Å². The lowest BCUT2D eigenvalue weighted by molar-refractivity contribution is 0.0696. The number of amides is 1. The fourth-order valence-corrected chi connectivity index (χ4v) is 1.96. The van der Waals surface area contributed by atoms with Crippen molar-refractivity contribution in [3.05, 3.63) is 59.2 Å². The van der Waals surface area contributed by atoms with Crippen molar-refractivity contribution in [2.45, 2.75) is 6.92 Å². The van der Waals surface area contributed by atoms with Crippen molar-refractivity contribution in [3.8, 4) is 5.75 Å². The lowest BCUT2D eigenvalue weighted by Crippen LogP contribution is -2.26. The number of nitrogens with zero attached hydrogens (tertiary/aromatic N) is 1. The van der Waals surface area contributed by atoms with Gasteiger partial charge in [-0.05, 0) is 42.8 Å². The Balaban J connectivity index is 2.30. The van der Waals surface area contributed by atoms with Gasteiger partial charge in [-0.1, -0.05) is 12.1 Å². The average Bonchev–Trinajstić information content (AvgIpc) is 2.48. The normalized spacial score (nSPS) is 10.2. The number of aromatic carboxylic acids is 1. The van der Waals surface area contributed by atoms with E-state index in [4.69, 9.17) is 5.11 Å². The number of carbonyl (C=O) groups excluding carboxylic acids is 1. The fourth-order valence-electron chi connectivity index (χ4n) is 1.96. The molecule has 0 spiro atoms. The van der Waals surface area contributed by atoms with Crippen LogP contribution in [0.4, 0.5) is 5.69 Å². The predicted molar refractivity (Wildman–Crippen MR) is 79.0 cm³/mol. The first-order valence-electron chi connectivity index (χ1n) is 6.32. The van der Waals surface area contributed by atoms with E-state index in [1.165, 1.54) is 17.0 Å². The molecule has 21 heavy (non-hydrogen) atoms. The number of hydrogen-bond donors (Lipinski definition) is 2. The molecule has 0 aromatic heterocycles. The summed E-state index contributed by atoms with van der Waals surface area (Å²) in [5.74, 6) is -1.43. The Bertz CT molecular complexity index is 692. The molecule has 0 aliphatic carbocycles. The third-order valence-corrected chi connectivity index (χ3v) is 3.27. The Morgan fingerprint density at radius 2 is 1.67 bits per heavy atom. The van der Waals surface area contributed by atoms with Crippen LogP contribution in [0.5, 0.6) is 5.75 Å². The molecule has 2 N–H and O–H groups in total. The average molecular weight is 285 g/mol. The van der Waals surface area contributed by atoms with Gasteiger partial charge in [0.1, 0.15) is 5.75 Å². The number of rotatable bonds is 3. The molecule has 0 radical (unpaired) electrons. The van der Waals surface area contributed by atoms with Gasteiger partial charge in [-0.3, -0.25) is 4.79 Å². The number of anilines is 1. The van der Waals surface area contributed by atoms with Gasteiger partial charge in [0.2, 0.25) is 0 Å². The Hall–Kier alpha value is -2.82. The Kier molecular flexibility index (Phi) is 3.93. The highest BCUT2D eigenvalue weighted by atomic mass is 16.4. The number of phenolic OH excluding ortho intramolecular Hbond substituents is 1. The number of carbonyl (C=O) groups is 2. The molecule has 5 nitrogen and oxygen atoms in total. The summed E-state index contributed by atoms with van der Waals surface area (Å²) in [5, 5.41) is 18.8. The van der Waals surface area contributed by atoms with E-state index < -0.39 is 5.97 Å². The van der Waals surface area contributed by atoms with Crippen molar-refractivity contribution in [3.63, 3.8) is 0 Å². The quantitative estimate of drug-likeness (QED) is 0.908. The number of hydrogen-bond acceptors (Lipinski definition) is 3. The van der Waals surface area contributed by atoms with Gasteiger partial charge in [0, 0.05) is 12.7 Å². The van der Waals surface area contributed by atoms with Gasteiger partial charge in [0.15, 0.2) is 0 Å². The molecule has 0 heterocycles. The molecule has 0 fully saturated rings. The largest absolute Gasteiger partial charge is 0.507 e. The molecule has 0 atom stereocenters. The summed E-state index contributed by atoms with van der Waals surface area (Å²) in [6, 6.07) is 10.9. The second kappa shape index (κ2) is 5.66. The van der Waals surface area contributed by atoms with Crippen molar-refractivity contribution in [1.82, 2.24) is 0 Å². The standard InChI is InChI=1S/C16H15NO4/c1-10-4-3-5-13(14(10)18)15(19)17(2)12-8-6-11(7-9-12)16(20)21/h3-9,18H,1-2H3,(H,20,21). The highest BCUT2D eigenvalue weighted by molar-refractivity contribution is 6.07.